The number of ether oxygens (including phenoxy) is 2. The van der Waals surface area contributed by atoms with E-state index in [1.165, 1.54) is 0 Å². The maximum absolute atomic E-state index is 11.2. The standard InChI is InChI=1S/C12H10BrN3O2.C11H8BrIN2O.2CH4/c13-7-1-2-10-8(5-7)12-15-9(11(14)17)6-16(12)3-4-18-10;12-7-1-2-9-8(5-7)11-14-10(13)6-15(11)3-4-16-9;;/h1-2,5-6H,3-4H2,(H2,14,17);1-2,5-6H,3-4H2;2*1H4. The van der Waals surface area contributed by atoms with Gasteiger partial charge in [0, 0.05) is 21.3 Å². The van der Waals surface area contributed by atoms with Gasteiger partial charge in [-0.05, 0) is 59.0 Å². The molecule has 8 nitrogen and oxygen atoms in total. The van der Waals surface area contributed by atoms with Crippen LogP contribution in [0.25, 0.3) is 22.8 Å². The van der Waals surface area contributed by atoms with Crippen LogP contribution in [0.4, 0.5) is 0 Å². The van der Waals surface area contributed by atoms with Crippen molar-refractivity contribution in [2.75, 3.05) is 13.2 Å². The SMILES string of the molecule is Brc1ccc2c(c1)-c1nc(I)cn1CCO2.C.C.NC(=O)c1cn2c(n1)-c1cc(Br)ccc1OCC2. The van der Waals surface area contributed by atoms with E-state index in [1.807, 2.05) is 34.9 Å². The number of nitrogens with zero attached hydrogens (tertiary/aromatic N) is 4. The van der Waals surface area contributed by atoms with Gasteiger partial charge in [0.05, 0.1) is 24.2 Å². The maximum atomic E-state index is 11.2. The number of nitrogens with two attached hydrogens (primary N) is 1. The molecule has 0 radical (unpaired) electrons. The van der Waals surface area contributed by atoms with Crippen LogP contribution < -0.4 is 15.2 Å². The summed E-state index contributed by atoms with van der Waals surface area (Å²) in [6.07, 6.45) is 3.71. The second kappa shape index (κ2) is 11.8. The van der Waals surface area contributed by atoms with Crippen LogP contribution >= 0.6 is 54.5 Å². The Morgan fingerprint density at radius 1 is 0.861 bits per heavy atom. The maximum Gasteiger partial charge on any atom is 0.268 e. The zero-order valence-electron chi connectivity index (χ0n) is 17.7. The molecule has 0 saturated heterocycles. The van der Waals surface area contributed by atoms with E-state index in [1.54, 1.807) is 6.20 Å². The van der Waals surface area contributed by atoms with Crippen molar-refractivity contribution in [2.45, 2.75) is 27.9 Å². The average molecular weight is 731 g/mol. The van der Waals surface area contributed by atoms with Gasteiger partial charge in [-0.2, -0.15) is 0 Å². The fraction of sp³-hybridized carbons (Fsp3) is 0.240. The lowest BCUT2D eigenvalue weighted by molar-refractivity contribution is 0.0996. The van der Waals surface area contributed by atoms with Crippen molar-refractivity contribution in [2.24, 2.45) is 5.73 Å². The molecule has 2 aliphatic heterocycles. The van der Waals surface area contributed by atoms with Gasteiger partial charge in [0.25, 0.3) is 5.91 Å². The highest BCUT2D eigenvalue weighted by Crippen LogP contribution is 2.35. The number of imidazole rings is 2. The summed E-state index contributed by atoms with van der Waals surface area (Å²) >= 11 is 9.14. The van der Waals surface area contributed by atoms with Crippen molar-refractivity contribution in [3.8, 4) is 34.3 Å². The fourth-order valence-electron chi connectivity index (χ4n) is 3.80. The van der Waals surface area contributed by atoms with Crippen LogP contribution in [0.5, 0.6) is 11.5 Å². The Kier molecular flexibility index (Phi) is 9.23. The molecule has 2 aromatic carbocycles. The molecule has 36 heavy (non-hydrogen) atoms. The van der Waals surface area contributed by atoms with Gasteiger partial charge >= 0.3 is 0 Å². The van der Waals surface area contributed by atoms with E-state index in [4.69, 9.17) is 15.2 Å². The molecule has 0 fully saturated rings. The highest BCUT2D eigenvalue weighted by atomic mass is 127. The molecule has 0 aliphatic carbocycles. The Hall–Kier alpha value is -2.38. The predicted octanol–water partition coefficient (Wildman–Crippen LogP) is 6.39. The van der Waals surface area contributed by atoms with Gasteiger partial charge < -0.3 is 24.3 Å². The highest BCUT2D eigenvalue weighted by Gasteiger charge is 2.20. The largest absolute Gasteiger partial charge is 0.491 e. The molecule has 2 aliphatic rings. The van der Waals surface area contributed by atoms with E-state index in [0.717, 1.165) is 47.6 Å². The van der Waals surface area contributed by atoms with Crippen LogP contribution in [-0.2, 0) is 13.1 Å². The molecule has 0 bridgehead atoms. The molecular formula is C25H26Br2IN5O3. The molecule has 2 aromatic heterocycles. The van der Waals surface area contributed by atoms with E-state index in [-0.39, 0.29) is 20.5 Å². The molecule has 190 valence electrons. The van der Waals surface area contributed by atoms with E-state index in [0.29, 0.717) is 25.6 Å². The zero-order valence-corrected chi connectivity index (χ0v) is 23.0. The Bertz CT molecular complexity index is 1400. The zero-order chi connectivity index (χ0) is 23.8. The van der Waals surface area contributed by atoms with Crippen molar-refractivity contribution in [3.63, 3.8) is 0 Å². The Balaban J connectivity index is 0.000000191. The molecule has 6 rings (SSSR count). The quantitative estimate of drug-likeness (QED) is 0.229. The number of benzene rings is 2. The smallest absolute Gasteiger partial charge is 0.268 e. The molecule has 0 unspecified atom stereocenters. The van der Waals surface area contributed by atoms with Crippen LogP contribution in [-0.4, -0.2) is 38.2 Å². The number of carbonyl (C=O) groups excluding carboxylic acids is 1. The summed E-state index contributed by atoms with van der Waals surface area (Å²) in [6, 6.07) is 11.7. The number of aromatic nitrogens is 4. The Morgan fingerprint density at radius 3 is 1.89 bits per heavy atom. The number of carbonyl (C=O) groups is 1. The normalized spacial score (nSPS) is 12.6. The van der Waals surface area contributed by atoms with Gasteiger partial charge in [0.15, 0.2) is 0 Å². The summed E-state index contributed by atoms with van der Waals surface area (Å²) in [5.74, 6) is 2.84. The minimum Gasteiger partial charge on any atom is -0.491 e. The summed E-state index contributed by atoms with van der Waals surface area (Å²) < 4.78 is 18.4. The van der Waals surface area contributed by atoms with E-state index in [2.05, 4.69) is 81.2 Å². The number of fused-ring (bicyclic) bond motifs is 6. The molecule has 4 aromatic rings. The van der Waals surface area contributed by atoms with Crippen LogP contribution in [0.2, 0.25) is 0 Å². The number of halogens is 3. The third-order valence-corrected chi connectivity index (χ3v) is 6.83. The second-order valence-corrected chi connectivity index (χ2v) is 10.5. The molecular weight excluding hydrogens is 705 g/mol. The Morgan fingerprint density at radius 2 is 1.36 bits per heavy atom. The molecule has 4 heterocycles. The minimum absolute atomic E-state index is 0. The molecule has 2 N–H and O–H groups in total. The number of rotatable bonds is 1. The number of hydrogen-bond acceptors (Lipinski definition) is 5. The third-order valence-electron chi connectivity index (χ3n) is 5.32. The van der Waals surface area contributed by atoms with Gasteiger partial charge in [-0.25, -0.2) is 9.97 Å². The predicted molar refractivity (Wildman–Crippen MR) is 156 cm³/mol. The van der Waals surface area contributed by atoms with Crippen molar-refractivity contribution in [1.29, 1.82) is 0 Å². The van der Waals surface area contributed by atoms with Gasteiger partial charge in [-0.3, -0.25) is 4.79 Å². The van der Waals surface area contributed by atoms with Gasteiger partial charge in [0.1, 0.15) is 45.8 Å². The van der Waals surface area contributed by atoms with Crippen molar-refractivity contribution in [3.05, 3.63) is 67.1 Å². The first kappa shape index (κ1) is 28.2. The van der Waals surface area contributed by atoms with Crippen molar-refractivity contribution in [1.82, 2.24) is 19.1 Å². The number of hydrogen-bond donors (Lipinski definition) is 1. The minimum atomic E-state index is -0.520. The lowest BCUT2D eigenvalue weighted by Crippen LogP contribution is -2.11. The summed E-state index contributed by atoms with van der Waals surface area (Å²) in [5, 5.41) is 0. The van der Waals surface area contributed by atoms with E-state index >= 15 is 0 Å². The summed E-state index contributed by atoms with van der Waals surface area (Å²) in [6.45, 7) is 2.71. The molecule has 0 atom stereocenters. The van der Waals surface area contributed by atoms with Gasteiger partial charge in [0.2, 0.25) is 0 Å². The van der Waals surface area contributed by atoms with Gasteiger partial charge in [-0.15, -0.1) is 0 Å². The summed E-state index contributed by atoms with van der Waals surface area (Å²) in [7, 11) is 0. The highest BCUT2D eigenvalue weighted by molar-refractivity contribution is 14.1. The lowest BCUT2D eigenvalue weighted by Gasteiger charge is -2.05. The fourth-order valence-corrected chi connectivity index (χ4v) is 5.09. The molecule has 11 heteroatoms. The van der Waals surface area contributed by atoms with Crippen LogP contribution in [0, 0.1) is 3.70 Å². The first-order valence-corrected chi connectivity index (χ1v) is 13.0. The number of primary amides is 1. The number of amides is 1. The Labute approximate surface area is 240 Å². The summed E-state index contributed by atoms with van der Waals surface area (Å²) in [4.78, 5) is 20.0. The van der Waals surface area contributed by atoms with Crippen LogP contribution in [0.1, 0.15) is 25.3 Å². The topological polar surface area (TPSA) is 97.2 Å². The molecule has 0 spiro atoms. The summed E-state index contributed by atoms with van der Waals surface area (Å²) in [5.41, 5.74) is 7.44. The first-order valence-electron chi connectivity index (χ1n) is 10.3. The van der Waals surface area contributed by atoms with Gasteiger partial charge in [-0.1, -0.05) is 46.7 Å². The van der Waals surface area contributed by atoms with E-state index in [9.17, 15) is 4.79 Å². The lowest BCUT2D eigenvalue weighted by atomic mass is 10.2. The molecule has 1 amide bonds. The second-order valence-electron chi connectivity index (χ2n) is 7.57. The monoisotopic (exact) mass is 729 g/mol. The third kappa shape index (κ3) is 5.78. The van der Waals surface area contributed by atoms with Crippen molar-refractivity contribution >= 4 is 60.4 Å². The van der Waals surface area contributed by atoms with E-state index < -0.39 is 5.91 Å². The van der Waals surface area contributed by atoms with Crippen molar-refractivity contribution < 1.29 is 14.3 Å². The first-order chi connectivity index (χ1) is 16.4. The van der Waals surface area contributed by atoms with Crippen LogP contribution in [0.15, 0.2) is 57.7 Å². The van der Waals surface area contributed by atoms with Crippen LogP contribution in [0.3, 0.4) is 0 Å². The average Bonchev–Trinajstić information content (AvgIpc) is 3.30. The molecule has 0 saturated carbocycles.